The molecule has 0 radical (unpaired) electrons. The second-order valence-corrected chi connectivity index (χ2v) is 7.66. The van der Waals surface area contributed by atoms with Crippen molar-refractivity contribution >= 4 is 63.3 Å². The van der Waals surface area contributed by atoms with Gasteiger partial charge in [-0.15, -0.1) is 28.0 Å². The first kappa shape index (κ1) is 20.9. The predicted octanol–water partition coefficient (Wildman–Crippen LogP) is -1.07. The molecule has 1 aliphatic heterocycles. The van der Waals surface area contributed by atoms with Crippen LogP contribution in [0, 0.1) is 0 Å². The Labute approximate surface area is 176 Å². The molecular formula is C13H14ClN9O4S2. The summed E-state index contributed by atoms with van der Waals surface area (Å²) in [5.41, 5.74) is 0.0135. The van der Waals surface area contributed by atoms with Crippen LogP contribution in [-0.2, 0) is 26.3 Å². The third-order valence-corrected chi connectivity index (χ3v) is 5.68. The number of hydrogen-bond donors (Lipinski definition) is 3. The van der Waals surface area contributed by atoms with Gasteiger partial charge < -0.3 is 20.8 Å². The van der Waals surface area contributed by atoms with E-state index in [-0.39, 0.29) is 28.3 Å². The van der Waals surface area contributed by atoms with Crippen molar-refractivity contribution in [3.63, 3.8) is 0 Å². The van der Waals surface area contributed by atoms with E-state index < -0.39 is 23.2 Å². The summed E-state index contributed by atoms with van der Waals surface area (Å²) in [6, 6.07) is -0.833. The van der Waals surface area contributed by atoms with Crippen LogP contribution >= 0.6 is 34.7 Å². The van der Waals surface area contributed by atoms with E-state index in [4.69, 9.17) is 16.4 Å². The van der Waals surface area contributed by atoms with Crippen LogP contribution in [0.4, 0.5) is 5.13 Å². The van der Waals surface area contributed by atoms with Crippen molar-refractivity contribution in [2.24, 2.45) is 12.2 Å². The molecule has 0 bridgehead atoms. The van der Waals surface area contributed by atoms with E-state index in [1.807, 2.05) is 0 Å². The average Bonchev–Trinajstić information content (AvgIpc) is 3.32. The number of halogens is 1. The highest BCUT2D eigenvalue weighted by atomic mass is 35.5. The zero-order valence-corrected chi connectivity index (χ0v) is 17.3. The summed E-state index contributed by atoms with van der Waals surface area (Å²) in [4.78, 5) is 44.8. The second kappa shape index (κ2) is 9.15. The molecule has 2 atom stereocenters. The van der Waals surface area contributed by atoms with Crippen LogP contribution in [0.2, 0.25) is 0 Å². The van der Waals surface area contributed by atoms with E-state index in [0.717, 1.165) is 11.3 Å². The van der Waals surface area contributed by atoms with Gasteiger partial charge in [0.1, 0.15) is 30.1 Å². The lowest BCUT2D eigenvalue weighted by Crippen LogP contribution is -2.68. The third-order valence-electron chi connectivity index (χ3n) is 3.48. The maximum Gasteiger partial charge on any atom is 0.276 e. The summed E-state index contributed by atoms with van der Waals surface area (Å²) in [5, 5.41) is 24.2. The highest BCUT2D eigenvalue weighted by Crippen LogP contribution is 2.26. The largest absolute Gasteiger partial charge is 0.398 e. The van der Waals surface area contributed by atoms with Crippen molar-refractivity contribution < 1.29 is 19.2 Å². The molecule has 2 aromatic heterocycles. The van der Waals surface area contributed by atoms with Gasteiger partial charge in [0.05, 0.1) is 0 Å². The van der Waals surface area contributed by atoms with Crippen LogP contribution in [0.1, 0.15) is 5.69 Å². The number of amides is 3. The fourth-order valence-corrected chi connectivity index (χ4v) is 3.91. The molecule has 2 aromatic rings. The van der Waals surface area contributed by atoms with Gasteiger partial charge in [0.2, 0.25) is 17.0 Å². The Kier molecular flexibility index (Phi) is 6.60. The summed E-state index contributed by atoms with van der Waals surface area (Å²) >= 11 is 7.71. The van der Waals surface area contributed by atoms with Gasteiger partial charge in [-0.25, -0.2) is 9.67 Å². The number of thiazole rings is 1. The van der Waals surface area contributed by atoms with Gasteiger partial charge in [-0.1, -0.05) is 16.9 Å². The molecule has 1 saturated heterocycles. The number of nitrogens with zero attached hydrogens (tertiary/aromatic N) is 6. The minimum Gasteiger partial charge on any atom is -0.398 e. The lowest BCUT2D eigenvalue weighted by molar-refractivity contribution is -0.132. The molecule has 1 fully saturated rings. The summed E-state index contributed by atoms with van der Waals surface area (Å²) in [6.45, 7) is 0. The normalized spacial score (nSPS) is 18.6. The van der Waals surface area contributed by atoms with Crippen molar-refractivity contribution in [3.05, 3.63) is 11.1 Å². The highest BCUT2D eigenvalue weighted by molar-refractivity contribution is 7.99. The number of β-lactam (4-membered cyclic amide) rings is 1. The van der Waals surface area contributed by atoms with Gasteiger partial charge in [0.25, 0.3) is 5.91 Å². The number of oxime groups is 1. The van der Waals surface area contributed by atoms with Gasteiger partial charge in [0.15, 0.2) is 10.8 Å². The molecule has 0 aliphatic carbocycles. The molecule has 1 aliphatic rings. The number of carbonyl (C=O) groups excluding carboxylic acids is 3. The lowest BCUT2D eigenvalue weighted by Gasteiger charge is -2.35. The highest BCUT2D eigenvalue weighted by Gasteiger charge is 2.43. The Hall–Kier alpha value is -2.78. The first-order chi connectivity index (χ1) is 13.9. The predicted molar refractivity (Wildman–Crippen MR) is 104 cm³/mol. The van der Waals surface area contributed by atoms with Gasteiger partial charge in [-0.05, 0) is 10.4 Å². The van der Waals surface area contributed by atoms with E-state index in [2.05, 4.69) is 41.6 Å². The summed E-state index contributed by atoms with van der Waals surface area (Å²) < 4.78 is 1.44. The number of thioether (sulfide) groups is 1. The van der Waals surface area contributed by atoms with Crippen LogP contribution in [0.15, 0.2) is 15.7 Å². The van der Waals surface area contributed by atoms with Crippen LogP contribution in [0.25, 0.3) is 0 Å². The number of rotatable bonds is 8. The third kappa shape index (κ3) is 4.80. The Morgan fingerprint density at radius 1 is 1.52 bits per heavy atom. The molecule has 3 N–H and O–H groups in total. The Morgan fingerprint density at radius 2 is 2.31 bits per heavy atom. The molecule has 0 spiro atoms. The van der Waals surface area contributed by atoms with Crippen LogP contribution in [0.3, 0.4) is 0 Å². The zero-order chi connectivity index (χ0) is 21.0. The van der Waals surface area contributed by atoms with Gasteiger partial charge in [-0.2, -0.15) is 0 Å². The Morgan fingerprint density at radius 3 is 2.93 bits per heavy atom. The van der Waals surface area contributed by atoms with Crippen molar-refractivity contribution in [3.8, 4) is 0 Å². The fraction of sp³-hybridized carbons (Fsp3) is 0.385. The number of aryl methyl sites for hydroxylation is 1. The van der Waals surface area contributed by atoms with E-state index in [0.29, 0.717) is 5.16 Å². The van der Waals surface area contributed by atoms with Crippen molar-refractivity contribution in [1.29, 1.82) is 0 Å². The first-order valence-corrected chi connectivity index (χ1v) is 10.2. The van der Waals surface area contributed by atoms with Crippen molar-refractivity contribution in [2.45, 2.75) is 16.6 Å². The molecule has 0 unspecified atom stereocenters. The number of alkyl halides is 1. The van der Waals surface area contributed by atoms with Crippen molar-refractivity contribution in [2.75, 3.05) is 18.3 Å². The number of nitrogens with one attached hydrogen (secondary N) is 3. The smallest absolute Gasteiger partial charge is 0.276 e. The molecular weight excluding hydrogens is 446 g/mol. The molecule has 0 aromatic carbocycles. The topological polar surface area (TPSA) is 165 Å². The first-order valence-electron chi connectivity index (χ1n) is 7.86. The minimum atomic E-state index is -0.833. The molecule has 154 valence electrons. The Bertz CT molecular complexity index is 962. The second-order valence-electron chi connectivity index (χ2n) is 5.43. The van der Waals surface area contributed by atoms with Crippen LogP contribution < -0.4 is 16.0 Å². The summed E-state index contributed by atoms with van der Waals surface area (Å²) in [5.74, 6) is -1.71. The number of tetrazole rings is 1. The van der Waals surface area contributed by atoms with E-state index in [9.17, 15) is 14.4 Å². The van der Waals surface area contributed by atoms with Gasteiger partial charge >= 0.3 is 0 Å². The number of anilines is 1. The summed E-state index contributed by atoms with van der Waals surface area (Å²) in [7, 11) is 2.92. The molecule has 0 saturated carbocycles. The van der Waals surface area contributed by atoms with Crippen LogP contribution in [0.5, 0.6) is 0 Å². The average molecular weight is 460 g/mol. The lowest BCUT2D eigenvalue weighted by atomic mass is 10.1. The number of carbonyl (C=O) groups is 3. The minimum absolute atomic E-state index is 0.154. The summed E-state index contributed by atoms with van der Waals surface area (Å²) in [6.07, 6.45) is 0. The number of hydrogen-bond acceptors (Lipinski definition) is 11. The zero-order valence-electron chi connectivity index (χ0n) is 14.9. The maximum absolute atomic E-state index is 12.7. The van der Waals surface area contributed by atoms with E-state index >= 15 is 0 Å². The van der Waals surface area contributed by atoms with Crippen LogP contribution in [-0.4, -0.2) is 73.0 Å². The monoisotopic (exact) mass is 459 g/mol. The van der Waals surface area contributed by atoms with E-state index in [1.165, 1.54) is 28.9 Å². The molecule has 3 amide bonds. The van der Waals surface area contributed by atoms with E-state index in [1.54, 1.807) is 7.05 Å². The fourth-order valence-electron chi connectivity index (χ4n) is 2.13. The van der Waals surface area contributed by atoms with Gasteiger partial charge in [0, 0.05) is 12.4 Å². The molecule has 16 heteroatoms. The molecule has 13 nitrogen and oxygen atoms in total. The quantitative estimate of drug-likeness (QED) is 0.193. The molecule has 29 heavy (non-hydrogen) atoms. The maximum atomic E-state index is 12.7. The SMILES string of the molecule is CON=C(C(=O)N[C@@H]1C(=O)N[C@H]1Sc1nnnn1C)c1csc(NC(=O)CCl)n1. The van der Waals surface area contributed by atoms with Gasteiger partial charge in [-0.3, -0.25) is 14.4 Å². The number of aromatic nitrogens is 5. The molecule has 3 heterocycles. The molecule has 3 rings (SSSR count). The van der Waals surface area contributed by atoms with Crippen molar-refractivity contribution in [1.82, 2.24) is 35.8 Å². The Balaban J connectivity index is 1.69. The standard InChI is InChI=1S/C13H14ClN9O4S2/c1-23-13(19-21-22-23)29-11-8(10(26)18-11)17-9(25)7(20-27-2)5-4-28-12(15-5)16-6(24)3-14/h4,8,11H,3H2,1-2H3,(H,17,25)(H,18,26)(H,15,16,24)/t8-,11+/m1/s1.